The summed E-state index contributed by atoms with van der Waals surface area (Å²) >= 11 is 0. The van der Waals surface area contributed by atoms with Crippen molar-refractivity contribution in [2.24, 2.45) is 0 Å². The molecule has 0 aliphatic carbocycles. The van der Waals surface area contributed by atoms with E-state index in [1.807, 2.05) is 4.90 Å². The van der Waals surface area contributed by atoms with Gasteiger partial charge in [-0.1, -0.05) is 5.92 Å². The molecule has 1 atom stereocenters. The van der Waals surface area contributed by atoms with Crippen LogP contribution in [0.15, 0.2) is 0 Å². The van der Waals surface area contributed by atoms with E-state index in [2.05, 4.69) is 5.92 Å². The summed E-state index contributed by atoms with van der Waals surface area (Å²) in [7, 11) is 0. The Morgan fingerprint density at radius 1 is 1.67 bits per heavy atom. The van der Waals surface area contributed by atoms with Crippen LogP contribution in [-0.2, 0) is 9.53 Å². The molecule has 0 radical (unpaired) electrons. The number of hydrogen-bond acceptors (Lipinski definition) is 3. The first-order chi connectivity index (χ1) is 7.22. The Morgan fingerprint density at radius 2 is 2.47 bits per heavy atom. The highest BCUT2D eigenvalue weighted by Crippen LogP contribution is 2.13. The molecule has 0 aromatic carbocycles. The van der Waals surface area contributed by atoms with E-state index in [9.17, 15) is 4.79 Å². The second-order valence-corrected chi connectivity index (χ2v) is 3.72. The van der Waals surface area contributed by atoms with E-state index in [0.29, 0.717) is 13.1 Å². The second-order valence-electron chi connectivity index (χ2n) is 3.72. The molecular weight excluding hydrogens is 194 g/mol. The number of ether oxygens (including phenoxy) is 1. The number of hydrogen-bond donors (Lipinski definition) is 1. The van der Waals surface area contributed by atoms with Crippen LogP contribution in [0, 0.1) is 12.3 Å². The first kappa shape index (κ1) is 12.0. The molecule has 84 valence electrons. The highest BCUT2D eigenvalue weighted by Gasteiger charge is 2.18. The van der Waals surface area contributed by atoms with Crippen LogP contribution in [0.25, 0.3) is 0 Å². The summed E-state index contributed by atoms with van der Waals surface area (Å²) in [6.07, 6.45) is 7.73. The molecule has 0 bridgehead atoms. The lowest BCUT2D eigenvalue weighted by Gasteiger charge is -2.22. The SMILES string of the molecule is C#CCN(CCC(=O)O)CC1CCCO1. The van der Waals surface area contributed by atoms with Crippen molar-refractivity contribution in [2.45, 2.75) is 25.4 Å². The third-order valence-corrected chi connectivity index (χ3v) is 2.44. The Labute approximate surface area is 90.2 Å². The minimum atomic E-state index is -0.788. The molecule has 0 spiro atoms. The monoisotopic (exact) mass is 211 g/mol. The first-order valence-corrected chi connectivity index (χ1v) is 5.21. The van der Waals surface area contributed by atoms with Crippen molar-refractivity contribution >= 4 is 5.97 Å². The summed E-state index contributed by atoms with van der Waals surface area (Å²) < 4.78 is 5.48. The van der Waals surface area contributed by atoms with Gasteiger partial charge in [-0.05, 0) is 12.8 Å². The van der Waals surface area contributed by atoms with Gasteiger partial charge in [-0.3, -0.25) is 9.69 Å². The molecule has 1 aliphatic rings. The molecule has 0 aromatic heterocycles. The van der Waals surface area contributed by atoms with Crippen molar-refractivity contribution < 1.29 is 14.6 Å². The number of nitrogens with zero attached hydrogens (tertiary/aromatic N) is 1. The average molecular weight is 211 g/mol. The van der Waals surface area contributed by atoms with Crippen LogP contribution in [0.1, 0.15) is 19.3 Å². The lowest BCUT2D eigenvalue weighted by molar-refractivity contribution is -0.137. The molecule has 1 N–H and O–H groups in total. The maximum atomic E-state index is 10.4. The van der Waals surface area contributed by atoms with E-state index in [0.717, 1.165) is 26.0 Å². The normalized spacial score (nSPS) is 20.4. The van der Waals surface area contributed by atoms with Gasteiger partial charge in [-0.15, -0.1) is 6.42 Å². The van der Waals surface area contributed by atoms with Crippen molar-refractivity contribution in [3.8, 4) is 12.3 Å². The topological polar surface area (TPSA) is 49.8 Å². The molecule has 4 heteroatoms. The van der Waals surface area contributed by atoms with E-state index < -0.39 is 5.97 Å². The van der Waals surface area contributed by atoms with Gasteiger partial charge in [-0.2, -0.15) is 0 Å². The number of rotatable bonds is 6. The second kappa shape index (κ2) is 6.44. The Bertz CT molecular complexity index is 241. The lowest BCUT2D eigenvalue weighted by atomic mass is 10.2. The third-order valence-electron chi connectivity index (χ3n) is 2.44. The molecule has 4 nitrogen and oxygen atoms in total. The molecule has 1 fully saturated rings. The van der Waals surface area contributed by atoms with E-state index >= 15 is 0 Å². The number of carboxylic acid groups (broad SMARTS) is 1. The number of terminal acetylenes is 1. The van der Waals surface area contributed by atoms with Crippen molar-refractivity contribution in [3.05, 3.63) is 0 Å². The highest BCUT2D eigenvalue weighted by atomic mass is 16.5. The zero-order chi connectivity index (χ0) is 11.1. The van der Waals surface area contributed by atoms with Crippen LogP contribution in [0.5, 0.6) is 0 Å². The molecule has 1 heterocycles. The van der Waals surface area contributed by atoms with Gasteiger partial charge in [0.25, 0.3) is 0 Å². The van der Waals surface area contributed by atoms with Crippen LogP contribution in [-0.4, -0.2) is 48.3 Å². The van der Waals surface area contributed by atoms with Gasteiger partial charge in [0, 0.05) is 19.7 Å². The summed E-state index contributed by atoms with van der Waals surface area (Å²) in [6.45, 7) is 2.55. The standard InChI is InChI=1S/C11H17NO3/c1-2-6-12(7-5-11(13)14)9-10-4-3-8-15-10/h1,10H,3-9H2,(H,13,14). The summed E-state index contributed by atoms with van der Waals surface area (Å²) in [4.78, 5) is 12.4. The van der Waals surface area contributed by atoms with Crippen molar-refractivity contribution in [3.63, 3.8) is 0 Å². The molecule has 1 aliphatic heterocycles. The van der Waals surface area contributed by atoms with Gasteiger partial charge in [-0.25, -0.2) is 0 Å². The summed E-state index contributed by atoms with van der Waals surface area (Å²) in [5.74, 6) is 1.76. The van der Waals surface area contributed by atoms with Gasteiger partial charge >= 0.3 is 5.97 Å². The first-order valence-electron chi connectivity index (χ1n) is 5.21. The van der Waals surface area contributed by atoms with Crippen molar-refractivity contribution in [1.82, 2.24) is 4.90 Å². The van der Waals surface area contributed by atoms with Crippen LogP contribution in [0.3, 0.4) is 0 Å². The zero-order valence-electron chi connectivity index (χ0n) is 8.82. The Morgan fingerprint density at radius 3 is 3.00 bits per heavy atom. The molecule has 1 saturated heterocycles. The quantitative estimate of drug-likeness (QED) is 0.653. The van der Waals surface area contributed by atoms with E-state index in [1.165, 1.54) is 0 Å². The van der Waals surface area contributed by atoms with Gasteiger partial charge in [0.15, 0.2) is 0 Å². The van der Waals surface area contributed by atoms with E-state index in [-0.39, 0.29) is 12.5 Å². The summed E-state index contributed by atoms with van der Waals surface area (Å²) in [6, 6.07) is 0. The van der Waals surface area contributed by atoms with Crippen LogP contribution in [0.2, 0.25) is 0 Å². The van der Waals surface area contributed by atoms with Gasteiger partial charge in [0.1, 0.15) is 0 Å². The van der Waals surface area contributed by atoms with Gasteiger partial charge < -0.3 is 9.84 Å². The largest absolute Gasteiger partial charge is 0.481 e. The zero-order valence-corrected chi connectivity index (χ0v) is 8.82. The van der Waals surface area contributed by atoms with Crippen LogP contribution < -0.4 is 0 Å². The third kappa shape index (κ3) is 4.82. The predicted molar refractivity (Wildman–Crippen MR) is 56.5 cm³/mol. The molecule has 1 rings (SSSR count). The van der Waals surface area contributed by atoms with Gasteiger partial charge in [0.2, 0.25) is 0 Å². The number of carboxylic acids is 1. The summed E-state index contributed by atoms with van der Waals surface area (Å²) in [5.41, 5.74) is 0. The fraction of sp³-hybridized carbons (Fsp3) is 0.727. The average Bonchev–Trinajstić information content (AvgIpc) is 2.67. The Balaban J connectivity index is 2.29. The molecule has 0 amide bonds. The fourth-order valence-electron chi connectivity index (χ4n) is 1.69. The molecule has 0 aromatic rings. The van der Waals surface area contributed by atoms with Gasteiger partial charge in [0.05, 0.1) is 19.1 Å². The lowest BCUT2D eigenvalue weighted by Crippen LogP contribution is -2.34. The number of aliphatic carboxylic acids is 1. The smallest absolute Gasteiger partial charge is 0.304 e. The minimum absolute atomic E-state index is 0.133. The Hall–Kier alpha value is -1.05. The Kier molecular flexibility index (Phi) is 5.16. The highest BCUT2D eigenvalue weighted by molar-refractivity contribution is 5.66. The van der Waals surface area contributed by atoms with E-state index in [1.54, 1.807) is 0 Å². The summed E-state index contributed by atoms with van der Waals surface area (Å²) in [5, 5.41) is 8.58. The maximum Gasteiger partial charge on any atom is 0.304 e. The minimum Gasteiger partial charge on any atom is -0.481 e. The van der Waals surface area contributed by atoms with Crippen molar-refractivity contribution in [1.29, 1.82) is 0 Å². The predicted octanol–water partition coefficient (Wildman–Crippen LogP) is 0.575. The molecular formula is C11H17NO3. The fourth-order valence-corrected chi connectivity index (χ4v) is 1.69. The maximum absolute atomic E-state index is 10.4. The van der Waals surface area contributed by atoms with Crippen molar-refractivity contribution in [2.75, 3.05) is 26.2 Å². The van der Waals surface area contributed by atoms with Crippen LogP contribution in [0.4, 0.5) is 0 Å². The molecule has 1 unspecified atom stereocenters. The van der Waals surface area contributed by atoms with E-state index in [4.69, 9.17) is 16.3 Å². The molecule has 15 heavy (non-hydrogen) atoms. The van der Waals surface area contributed by atoms with Crippen LogP contribution >= 0.6 is 0 Å². The number of carbonyl (C=O) groups is 1. The molecule has 0 saturated carbocycles.